The zero-order valence-electron chi connectivity index (χ0n) is 9.24. The first-order valence-electron chi connectivity index (χ1n) is 5.11. The number of hydrogen-bond acceptors (Lipinski definition) is 2. The molecule has 0 unspecified atom stereocenters. The van der Waals surface area contributed by atoms with Crippen molar-refractivity contribution in [2.45, 2.75) is 13.5 Å². The van der Waals surface area contributed by atoms with Gasteiger partial charge in [0.1, 0.15) is 0 Å². The summed E-state index contributed by atoms with van der Waals surface area (Å²) in [4.78, 5) is 25.1. The van der Waals surface area contributed by atoms with Gasteiger partial charge in [-0.2, -0.15) is 0 Å². The summed E-state index contributed by atoms with van der Waals surface area (Å²) < 4.78 is 2.01. The molecule has 0 aliphatic rings. The minimum Gasteiger partial charge on any atom is -0.295 e. The quantitative estimate of drug-likeness (QED) is 0.841. The van der Waals surface area contributed by atoms with Gasteiger partial charge >= 0.3 is 5.69 Å². The van der Waals surface area contributed by atoms with Gasteiger partial charge in [0.25, 0.3) is 5.56 Å². The fourth-order valence-electron chi connectivity index (χ4n) is 1.61. The first kappa shape index (κ1) is 12.1. The third-order valence-electron chi connectivity index (χ3n) is 2.40. The first-order valence-corrected chi connectivity index (χ1v) is 6.19. The van der Waals surface area contributed by atoms with Gasteiger partial charge in [-0.05, 0) is 35.1 Å². The van der Waals surface area contributed by atoms with Crippen LogP contribution in [0.5, 0.6) is 0 Å². The van der Waals surface area contributed by atoms with Gasteiger partial charge in [0.2, 0.25) is 0 Å². The number of benzene rings is 1. The summed E-state index contributed by atoms with van der Waals surface area (Å²) in [6, 6.07) is 7.93. The Bertz CT molecular complexity index is 658. The Labute approximate surface area is 111 Å². The van der Waals surface area contributed by atoms with Crippen LogP contribution in [0.15, 0.2) is 40.1 Å². The summed E-state index contributed by atoms with van der Waals surface area (Å²) in [5.41, 5.74) is 1.47. The molecule has 2 rings (SSSR count). The Kier molecular flexibility index (Phi) is 3.46. The Morgan fingerprint density at radius 1 is 1.35 bits per heavy atom. The van der Waals surface area contributed by atoms with Crippen molar-refractivity contribution < 1.29 is 0 Å². The van der Waals surface area contributed by atoms with Gasteiger partial charge in [-0.3, -0.25) is 14.3 Å². The van der Waals surface area contributed by atoms with Crippen LogP contribution in [-0.4, -0.2) is 9.55 Å². The van der Waals surface area contributed by atoms with Gasteiger partial charge in [-0.15, -0.1) is 0 Å². The normalized spacial score (nSPS) is 10.5. The lowest BCUT2D eigenvalue weighted by molar-refractivity contribution is 0.715. The van der Waals surface area contributed by atoms with E-state index in [1.165, 1.54) is 4.57 Å². The standard InChI is InChI=1S/C12H11IN2O2/c1-8-3-2-4-9(5-8)6-15-7-10(13)11(16)14-12(15)17/h2-5,7H,6H2,1H3,(H,14,16,17). The lowest BCUT2D eigenvalue weighted by Crippen LogP contribution is -2.31. The summed E-state index contributed by atoms with van der Waals surface area (Å²) in [6.45, 7) is 2.47. The SMILES string of the molecule is Cc1cccc(Cn2cc(I)c(=O)[nH]c2=O)c1. The van der Waals surface area contributed by atoms with Gasteiger partial charge < -0.3 is 0 Å². The highest BCUT2D eigenvalue weighted by Gasteiger charge is 2.02. The van der Waals surface area contributed by atoms with Gasteiger partial charge in [-0.25, -0.2) is 4.79 Å². The van der Waals surface area contributed by atoms with Crippen molar-refractivity contribution in [3.8, 4) is 0 Å². The van der Waals surface area contributed by atoms with Crippen molar-refractivity contribution in [2.24, 2.45) is 0 Å². The molecule has 0 fully saturated rings. The molecule has 0 bridgehead atoms. The van der Waals surface area contributed by atoms with E-state index in [4.69, 9.17) is 0 Å². The van der Waals surface area contributed by atoms with Gasteiger partial charge in [0, 0.05) is 6.20 Å². The van der Waals surface area contributed by atoms with Crippen molar-refractivity contribution >= 4 is 22.6 Å². The Hall–Kier alpha value is -1.37. The molecule has 0 saturated heterocycles. The van der Waals surface area contributed by atoms with Crippen molar-refractivity contribution in [2.75, 3.05) is 0 Å². The molecule has 0 aliphatic carbocycles. The third-order valence-corrected chi connectivity index (χ3v) is 3.17. The van der Waals surface area contributed by atoms with E-state index >= 15 is 0 Å². The molecule has 2 aromatic rings. The maximum Gasteiger partial charge on any atom is 0.328 e. The number of nitrogens with one attached hydrogen (secondary N) is 1. The molecule has 1 N–H and O–H groups in total. The lowest BCUT2D eigenvalue weighted by Gasteiger charge is -2.06. The number of hydrogen-bond donors (Lipinski definition) is 1. The average Bonchev–Trinajstić information content (AvgIpc) is 2.26. The predicted octanol–water partition coefficient (Wildman–Crippen LogP) is 1.50. The molecule has 88 valence electrons. The maximum absolute atomic E-state index is 11.6. The summed E-state index contributed by atoms with van der Waals surface area (Å²) >= 11 is 1.91. The summed E-state index contributed by atoms with van der Waals surface area (Å²) in [6.07, 6.45) is 1.57. The Morgan fingerprint density at radius 3 is 2.82 bits per heavy atom. The predicted molar refractivity (Wildman–Crippen MR) is 74.3 cm³/mol. The highest BCUT2D eigenvalue weighted by atomic mass is 127. The van der Waals surface area contributed by atoms with Gasteiger partial charge in [-0.1, -0.05) is 29.8 Å². The molecule has 1 aromatic heterocycles. The largest absolute Gasteiger partial charge is 0.328 e. The highest BCUT2D eigenvalue weighted by Crippen LogP contribution is 2.05. The van der Waals surface area contributed by atoms with Crippen molar-refractivity contribution in [1.29, 1.82) is 0 Å². The molecule has 5 heteroatoms. The topological polar surface area (TPSA) is 54.9 Å². The van der Waals surface area contributed by atoms with Crippen LogP contribution in [0.4, 0.5) is 0 Å². The third kappa shape index (κ3) is 2.85. The molecule has 0 aliphatic heterocycles. The van der Waals surface area contributed by atoms with Gasteiger partial charge in [0.05, 0.1) is 10.1 Å². The second-order valence-electron chi connectivity index (χ2n) is 3.85. The van der Waals surface area contributed by atoms with E-state index in [-0.39, 0.29) is 11.2 Å². The molecule has 1 aromatic carbocycles. The zero-order chi connectivity index (χ0) is 12.4. The van der Waals surface area contributed by atoms with Crippen molar-refractivity contribution in [1.82, 2.24) is 9.55 Å². The van der Waals surface area contributed by atoms with Crippen LogP contribution >= 0.6 is 22.6 Å². The van der Waals surface area contributed by atoms with Crippen LogP contribution in [0.25, 0.3) is 0 Å². The van der Waals surface area contributed by atoms with Crippen molar-refractivity contribution in [3.63, 3.8) is 0 Å². The molecular formula is C12H11IN2O2. The van der Waals surface area contributed by atoms with Crippen LogP contribution in [0.1, 0.15) is 11.1 Å². The van der Waals surface area contributed by atoms with E-state index in [1.807, 2.05) is 53.8 Å². The monoisotopic (exact) mass is 342 g/mol. The van der Waals surface area contributed by atoms with E-state index in [2.05, 4.69) is 4.98 Å². The highest BCUT2D eigenvalue weighted by molar-refractivity contribution is 14.1. The van der Waals surface area contributed by atoms with E-state index in [1.54, 1.807) is 6.20 Å². The minimum absolute atomic E-state index is 0.337. The van der Waals surface area contributed by atoms with Gasteiger partial charge in [0.15, 0.2) is 0 Å². The van der Waals surface area contributed by atoms with Crippen LogP contribution in [0.3, 0.4) is 0 Å². The van der Waals surface area contributed by atoms with Crippen LogP contribution < -0.4 is 11.2 Å². The number of rotatable bonds is 2. The van der Waals surface area contributed by atoms with E-state index < -0.39 is 0 Å². The first-order chi connectivity index (χ1) is 8.06. The second kappa shape index (κ2) is 4.87. The molecule has 0 saturated carbocycles. The van der Waals surface area contributed by atoms with Crippen molar-refractivity contribution in [3.05, 3.63) is 66.0 Å². The number of halogens is 1. The number of aromatic nitrogens is 2. The number of aromatic amines is 1. The minimum atomic E-state index is -0.378. The van der Waals surface area contributed by atoms with Crippen LogP contribution in [0, 0.1) is 10.5 Å². The van der Waals surface area contributed by atoms with E-state index in [9.17, 15) is 9.59 Å². The molecule has 17 heavy (non-hydrogen) atoms. The molecule has 1 heterocycles. The Morgan fingerprint density at radius 2 is 2.12 bits per heavy atom. The molecule has 0 radical (unpaired) electrons. The maximum atomic E-state index is 11.6. The smallest absolute Gasteiger partial charge is 0.295 e. The number of aryl methyl sites for hydroxylation is 1. The lowest BCUT2D eigenvalue weighted by atomic mass is 10.1. The Balaban J connectivity index is 2.40. The van der Waals surface area contributed by atoms with E-state index in [0.29, 0.717) is 10.1 Å². The average molecular weight is 342 g/mol. The molecular weight excluding hydrogens is 331 g/mol. The molecule has 0 spiro atoms. The number of H-pyrrole nitrogens is 1. The number of nitrogens with zero attached hydrogens (tertiary/aromatic N) is 1. The molecule has 0 atom stereocenters. The fourth-order valence-corrected chi connectivity index (χ4v) is 2.08. The van der Waals surface area contributed by atoms with E-state index in [0.717, 1.165) is 11.1 Å². The fraction of sp³-hybridized carbons (Fsp3) is 0.167. The zero-order valence-corrected chi connectivity index (χ0v) is 11.4. The molecule has 0 amide bonds. The summed E-state index contributed by atoms with van der Waals surface area (Å²) in [7, 11) is 0. The summed E-state index contributed by atoms with van der Waals surface area (Å²) in [5, 5.41) is 0. The van der Waals surface area contributed by atoms with Crippen LogP contribution in [-0.2, 0) is 6.54 Å². The second-order valence-corrected chi connectivity index (χ2v) is 5.02. The van der Waals surface area contributed by atoms with Crippen LogP contribution in [0.2, 0.25) is 0 Å². The molecule has 4 nitrogen and oxygen atoms in total. The summed E-state index contributed by atoms with van der Waals surface area (Å²) in [5.74, 6) is 0.